The summed E-state index contributed by atoms with van der Waals surface area (Å²) in [7, 11) is 0. The number of carbonyl (C=O) groups is 1. The van der Waals surface area contributed by atoms with Gasteiger partial charge in [0.05, 0.1) is 5.02 Å². The zero-order chi connectivity index (χ0) is 15.0. The number of furan rings is 1. The Bertz CT molecular complexity index is 686. The number of fused-ring (bicyclic) bond motifs is 1. The van der Waals surface area contributed by atoms with Crippen LogP contribution in [-0.4, -0.2) is 29.1 Å². The summed E-state index contributed by atoms with van der Waals surface area (Å²) in [4.78, 5) is 13.6. The fourth-order valence-corrected chi connectivity index (χ4v) is 3.28. The molecule has 0 aliphatic carbocycles. The van der Waals surface area contributed by atoms with Crippen LogP contribution in [0.5, 0.6) is 0 Å². The molecule has 2 heterocycles. The maximum absolute atomic E-state index is 11.2. The molecule has 3 rings (SSSR count). The number of carboxylic acid groups (broad SMARTS) is 1. The Kier molecular flexibility index (Phi) is 3.91. The van der Waals surface area contributed by atoms with Crippen LogP contribution in [0.3, 0.4) is 0 Å². The van der Waals surface area contributed by atoms with Crippen molar-refractivity contribution in [3.05, 3.63) is 34.0 Å². The van der Waals surface area contributed by atoms with Gasteiger partial charge in [-0.25, -0.2) is 4.79 Å². The molecule has 0 saturated carbocycles. The lowest BCUT2D eigenvalue weighted by Crippen LogP contribution is -2.29. The van der Waals surface area contributed by atoms with Gasteiger partial charge in [0, 0.05) is 17.5 Å². The highest BCUT2D eigenvalue weighted by atomic mass is 35.5. The lowest BCUT2D eigenvalue weighted by Gasteiger charge is -2.26. The third-order valence-electron chi connectivity index (χ3n) is 4.10. The Labute approximate surface area is 128 Å². The van der Waals surface area contributed by atoms with Crippen molar-refractivity contribution in [2.45, 2.75) is 32.7 Å². The van der Waals surface area contributed by atoms with Gasteiger partial charge in [0.15, 0.2) is 5.58 Å². The Balaban J connectivity index is 1.97. The number of piperidine rings is 1. The lowest BCUT2D eigenvalue weighted by molar-refractivity contribution is 0.0664. The van der Waals surface area contributed by atoms with E-state index in [1.807, 2.05) is 12.1 Å². The summed E-state index contributed by atoms with van der Waals surface area (Å²) in [5.41, 5.74) is 2.21. The van der Waals surface area contributed by atoms with Crippen molar-refractivity contribution in [1.82, 2.24) is 4.90 Å². The largest absolute Gasteiger partial charge is 0.475 e. The van der Waals surface area contributed by atoms with Crippen LogP contribution in [0.2, 0.25) is 5.02 Å². The minimum Gasteiger partial charge on any atom is -0.475 e. The van der Waals surface area contributed by atoms with Crippen LogP contribution in [0.15, 0.2) is 16.5 Å². The van der Waals surface area contributed by atoms with Crippen molar-refractivity contribution in [2.75, 3.05) is 13.1 Å². The molecule has 1 aromatic carbocycles. The van der Waals surface area contributed by atoms with Crippen LogP contribution < -0.4 is 0 Å². The number of aryl methyl sites for hydroxylation is 1. The molecule has 0 amide bonds. The van der Waals surface area contributed by atoms with Gasteiger partial charge in [0.2, 0.25) is 5.76 Å². The second-order valence-electron chi connectivity index (χ2n) is 5.65. The highest BCUT2D eigenvalue weighted by Crippen LogP contribution is 2.32. The van der Waals surface area contributed by atoms with Crippen LogP contribution in [-0.2, 0) is 6.54 Å². The molecule has 4 nitrogen and oxygen atoms in total. The van der Waals surface area contributed by atoms with Crippen molar-refractivity contribution in [1.29, 1.82) is 0 Å². The first-order valence-electron chi connectivity index (χ1n) is 7.23. The van der Waals surface area contributed by atoms with Gasteiger partial charge in [-0.3, -0.25) is 4.90 Å². The van der Waals surface area contributed by atoms with E-state index in [0.717, 1.165) is 30.6 Å². The molecular formula is C16H18ClNO3. The smallest absolute Gasteiger partial charge is 0.372 e. The van der Waals surface area contributed by atoms with Crippen molar-refractivity contribution < 1.29 is 14.3 Å². The average molecular weight is 308 g/mol. The monoisotopic (exact) mass is 307 g/mol. The molecule has 5 heteroatoms. The Hall–Kier alpha value is -1.52. The molecule has 2 aromatic rings. The summed E-state index contributed by atoms with van der Waals surface area (Å²) in [6.07, 6.45) is 3.78. The van der Waals surface area contributed by atoms with Crippen LogP contribution in [0, 0.1) is 6.92 Å². The van der Waals surface area contributed by atoms with E-state index in [9.17, 15) is 4.79 Å². The number of nitrogens with zero attached hydrogens (tertiary/aromatic N) is 1. The van der Waals surface area contributed by atoms with Crippen molar-refractivity contribution >= 4 is 28.5 Å². The first-order chi connectivity index (χ1) is 10.1. The molecule has 0 spiro atoms. The fourth-order valence-electron chi connectivity index (χ4n) is 3.00. The molecule has 0 atom stereocenters. The summed E-state index contributed by atoms with van der Waals surface area (Å²) in [5, 5.41) is 10.4. The minimum atomic E-state index is -1.06. The number of halogens is 1. The number of aromatic carboxylic acids is 1. The van der Waals surface area contributed by atoms with E-state index in [0.29, 0.717) is 16.2 Å². The average Bonchev–Trinajstić information content (AvgIpc) is 2.78. The van der Waals surface area contributed by atoms with Gasteiger partial charge in [0.25, 0.3) is 0 Å². The zero-order valence-electron chi connectivity index (χ0n) is 12.0. The Morgan fingerprint density at radius 2 is 2.05 bits per heavy atom. The fraction of sp³-hybridized carbons (Fsp3) is 0.438. The molecule has 1 aromatic heterocycles. The summed E-state index contributed by atoms with van der Waals surface area (Å²) < 4.78 is 5.39. The maximum Gasteiger partial charge on any atom is 0.372 e. The molecule has 1 fully saturated rings. The van der Waals surface area contributed by atoms with Crippen molar-refractivity contribution in [3.8, 4) is 0 Å². The number of benzene rings is 1. The maximum atomic E-state index is 11.2. The second-order valence-corrected chi connectivity index (χ2v) is 6.06. The van der Waals surface area contributed by atoms with Gasteiger partial charge in [-0.2, -0.15) is 0 Å². The molecule has 0 bridgehead atoms. The predicted octanol–water partition coefficient (Wildman–Crippen LogP) is 4.08. The quantitative estimate of drug-likeness (QED) is 0.928. The first-order valence-corrected chi connectivity index (χ1v) is 7.61. The highest BCUT2D eigenvalue weighted by molar-refractivity contribution is 6.35. The van der Waals surface area contributed by atoms with E-state index in [4.69, 9.17) is 21.1 Å². The van der Waals surface area contributed by atoms with Gasteiger partial charge < -0.3 is 9.52 Å². The SMILES string of the molecule is Cc1c(C(=O)O)oc2c(Cl)cc(CN3CCCCC3)cc12. The van der Waals surface area contributed by atoms with E-state index < -0.39 is 5.97 Å². The molecule has 112 valence electrons. The molecule has 1 aliphatic rings. The highest BCUT2D eigenvalue weighted by Gasteiger charge is 2.20. The van der Waals surface area contributed by atoms with E-state index in [1.165, 1.54) is 19.3 Å². The Morgan fingerprint density at radius 3 is 2.71 bits per heavy atom. The molecule has 1 aliphatic heterocycles. The second kappa shape index (κ2) is 5.70. The van der Waals surface area contributed by atoms with Crippen molar-refractivity contribution in [3.63, 3.8) is 0 Å². The third-order valence-corrected chi connectivity index (χ3v) is 4.38. The van der Waals surface area contributed by atoms with Gasteiger partial charge in [-0.15, -0.1) is 0 Å². The summed E-state index contributed by atoms with van der Waals surface area (Å²) in [5.74, 6) is -1.08. The molecular weight excluding hydrogens is 290 g/mol. The topological polar surface area (TPSA) is 53.7 Å². The predicted molar refractivity (Wildman–Crippen MR) is 82.0 cm³/mol. The van der Waals surface area contributed by atoms with E-state index in [-0.39, 0.29) is 5.76 Å². The van der Waals surface area contributed by atoms with E-state index in [2.05, 4.69) is 4.90 Å². The van der Waals surface area contributed by atoms with Crippen LogP contribution in [0.1, 0.15) is 40.9 Å². The van der Waals surface area contributed by atoms with Crippen LogP contribution in [0.25, 0.3) is 11.0 Å². The van der Waals surface area contributed by atoms with Crippen molar-refractivity contribution in [2.24, 2.45) is 0 Å². The standard InChI is InChI=1S/C16H18ClNO3/c1-10-12-7-11(9-18-5-3-2-4-6-18)8-13(17)15(12)21-14(10)16(19)20/h7-8H,2-6,9H2,1H3,(H,19,20). The van der Waals surface area contributed by atoms with Gasteiger partial charge in [0.1, 0.15) is 0 Å². The van der Waals surface area contributed by atoms with Gasteiger partial charge in [-0.05, 0) is 50.6 Å². The lowest BCUT2D eigenvalue weighted by atomic mass is 10.1. The van der Waals surface area contributed by atoms with Gasteiger partial charge >= 0.3 is 5.97 Å². The van der Waals surface area contributed by atoms with E-state index in [1.54, 1.807) is 6.92 Å². The number of likely N-dealkylation sites (tertiary alicyclic amines) is 1. The number of carboxylic acids is 1. The normalized spacial score (nSPS) is 16.5. The first kappa shape index (κ1) is 14.4. The third kappa shape index (κ3) is 2.78. The molecule has 1 saturated heterocycles. The molecule has 21 heavy (non-hydrogen) atoms. The van der Waals surface area contributed by atoms with Crippen LogP contribution >= 0.6 is 11.6 Å². The Morgan fingerprint density at radius 1 is 1.33 bits per heavy atom. The summed E-state index contributed by atoms with van der Waals surface area (Å²) in [6.45, 7) is 4.83. The van der Waals surface area contributed by atoms with Gasteiger partial charge in [-0.1, -0.05) is 18.0 Å². The number of hydrogen-bond acceptors (Lipinski definition) is 3. The minimum absolute atomic E-state index is 0.0259. The molecule has 0 radical (unpaired) electrons. The number of rotatable bonds is 3. The summed E-state index contributed by atoms with van der Waals surface area (Å²) >= 11 is 6.26. The molecule has 0 unspecified atom stereocenters. The summed E-state index contributed by atoms with van der Waals surface area (Å²) in [6, 6.07) is 3.88. The zero-order valence-corrected chi connectivity index (χ0v) is 12.7. The van der Waals surface area contributed by atoms with Crippen LogP contribution in [0.4, 0.5) is 0 Å². The molecule has 1 N–H and O–H groups in total. The number of hydrogen-bond donors (Lipinski definition) is 1. The van der Waals surface area contributed by atoms with E-state index >= 15 is 0 Å².